The van der Waals surface area contributed by atoms with Crippen molar-refractivity contribution in [1.29, 1.82) is 0 Å². The van der Waals surface area contributed by atoms with Crippen molar-refractivity contribution in [1.82, 2.24) is 0 Å². The smallest absolute Gasteiger partial charge is 0.340 e. The topological polar surface area (TPSA) is 253 Å². The van der Waals surface area contributed by atoms with Crippen molar-refractivity contribution in [3.63, 3.8) is 0 Å². The molecule has 6 aromatic rings. The second-order valence-corrected chi connectivity index (χ2v) is 16.7. The van der Waals surface area contributed by atoms with Gasteiger partial charge in [-0.15, -0.1) is 3.63 Å². The fourth-order valence-electron chi connectivity index (χ4n) is 5.06. The monoisotopic (exact) mass is 729 g/mol. The van der Waals surface area contributed by atoms with Crippen LogP contribution in [0.4, 0.5) is 17.1 Å². The normalized spacial score (nSPS) is 12.9. The molecular formula is C30H23N3O11S4. The third kappa shape index (κ3) is 6.07. The summed E-state index contributed by atoms with van der Waals surface area (Å²) in [4.78, 5) is -2.40. The summed E-state index contributed by atoms with van der Waals surface area (Å²) in [6.07, 6.45) is 0. The van der Waals surface area contributed by atoms with Gasteiger partial charge in [-0.3, -0.25) is 4.55 Å². The zero-order chi connectivity index (χ0) is 34.8. The van der Waals surface area contributed by atoms with E-state index in [4.69, 9.17) is 25.0 Å². The van der Waals surface area contributed by atoms with Gasteiger partial charge in [0.15, 0.2) is 5.75 Å². The summed E-state index contributed by atoms with van der Waals surface area (Å²) >= 11 is 0. The Hall–Kier alpha value is -4.98. The van der Waals surface area contributed by atoms with Crippen LogP contribution in [-0.4, -0.2) is 38.2 Å². The van der Waals surface area contributed by atoms with Crippen molar-refractivity contribution < 1.29 is 46.0 Å². The minimum Gasteiger partial charge on any atom is -0.399 e. The van der Waals surface area contributed by atoms with Gasteiger partial charge in [-0.05, 0) is 76.8 Å². The average molecular weight is 730 g/mol. The molecule has 0 unspecified atom stereocenters. The summed E-state index contributed by atoms with van der Waals surface area (Å²) in [6.45, 7) is 0. The third-order valence-electron chi connectivity index (χ3n) is 7.25. The van der Waals surface area contributed by atoms with Crippen LogP contribution in [0.2, 0.25) is 0 Å². The number of rotatable bonds is 8. The summed E-state index contributed by atoms with van der Waals surface area (Å²) in [5.41, 5.74) is 17.7. The van der Waals surface area contributed by atoms with Gasteiger partial charge in [-0.2, -0.15) is 33.7 Å². The molecule has 0 aromatic heterocycles. The van der Waals surface area contributed by atoms with Gasteiger partial charge in [0.2, 0.25) is 0 Å². The first-order valence-corrected chi connectivity index (χ1v) is 19.1. The molecule has 0 radical (unpaired) electrons. The summed E-state index contributed by atoms with van der Waals surface area (Å²) in [5.74, 6) is -0.482. The first-order valence-electron chi connectivity index (χ1n) is 13.4. The zero-order valence-corrected chi connectivity index (χ0v) is 27.4. The molecule has 0 aliphatic rings. The second-order valence-electron chi connectivity index (χ2n) is 10.5. The molecule has 14 nitrogen and oxygen atoms in total. The molecule has 0 saturated carbocycles. The van der Waals surface area contributed by atoms with Crippen molar-refractivity contribution >= 4 is 89.9 Å². The van der Waals surface area contributed by atoms with Gasteiger partial charge in [0.25, 0.3) is 10.1 Å². The lowest BCUT2D eigenvalue weighted by atomic mass is 10.1. The van der Waals surface area contributed by atoms with Crippen LogP contribution in [0, 0.1) is 0 Å². The standard InChI is InChI=1S/C30H23N3O11S4/c31-20-8-4-17-5-10-23(13-19(17)12-20)46(37,38)44-48(41,42)28-3-1-2-24-26(28)14-21(32)15-29(24)47(39,40)43-30-25-16-22(45(34,35)36)9-6-18(25)7-11-27(30)33/h1-16H,31-33H2,(H,34,35,36). The van der Waals surface area contributed by atoms with Gasteiger partial charge in [0.1, 0.15) is 9.79 Å². The Morgan fingerprint density at radius 2 is 1.17 bits per heavy atom. The first-order chi connectivity index (χ1) is 22.4. The molecule has 18 heteroatoms. The molecular weight excluding hydrogens is 707 g/mol. The minimum absolute atomic E-state index is 0.0832. The Bertz CT molecular complexity index is 2790. The van der Waals surface area contributed by atoms with Crippen LogP contribution in [0.25, 0.3) is 32.3 Å². The fraction of sp³-hybridized carbons (Fsp3) is 0. The van der Waals surface area contributed by atoms with Gasteiger partial charge in [0, 0.05) is 27.5 Å². The largest absolute Gasteiger partial charge is 0.399 e. The van der Waals surface area contributed by atoms with E-state index < -0.39 is 65.8 Å². The highest BCUT2D eigenvalue weighted by Crippen LogP contribution is 2.38. The quantitative estimate of drug-likeness (QED) is 0.0982. The van der Waals surface area contributed by atoms with Crippen molar-refractivity contribution in [2.75, 3.05) is 17.2 Å². The molecule has 0 bridgehead atoms. The molecule has 6 rings (SSSR count). The van der Waals surface area contributed by atoms with Crippen molar-refractivity contribution in [2.24, 2.45) is 0 Å². The van der Waals surface area contributed by atoms with Gasteiger partial charge in [-0.25, -0.2) is 0 Å². The number of nitrogen functional groups attached to an aromatic ring is 3. The highest BCUT2D eigenvalue weighted by atomic mass is 32.3. The highest BCUT2D eigenvalue weighted by molar-refractivity contribution is 8.00. The average Bonchev–Trinajstić information content (AvgIpc) is 3.00. The van der Waals surface area contributed by atoms with E-state index in [-0.39, 0.29) is 27.5 Å². The summed E-state index contributed by atoms with van der Waals surface area (Å²) in [6, 6.07) is 20.2. The lowest BCUT2D eigenvalue weighted by Gasteiger charge is -2.15. The van der Waals surface area contributed by atoms with E-state index in [1.165, 1.54) is 42.5 Å². The number of hydrogen-bond acceptors (Lipinski definition) is 13. The lowest BCUT2D eigenvalue weighted by molar-refractivity contribution is 0.462. The SMILES string of the molecule is Nc1ccc2ccc(S(=O)(=O)OS(=O)(=O)c3cccc4c(S(=O)(=O)Oc5c(N)ccc6ccc(S(=O)(=O)O)cc56)cc(N)cc34)cc2c1. The third-order valence-corrected chi connectivity index (χ3v) is 12.5. The molecule has 0 fully saturated rings. The molecule has 48 heavy (non-hydrogen) atoms. The minimum atomic E-state index is -5.15. The number of fused-ring (bicyclic) bond motifs is 3. The maximum absolute atomic E-state index is 13.8. The molecule has 0 aliphatic carbocycles. The van der Waals surface area contributed by atoms with Crippen LogP contribution in [0.15, 0.2) is 117 Å². The van der Waals surface area contributed by atoms with Crippen LogP contribution >= 0.6 is 0 Å². The number of hydrogen-bond donors (Lipinski definition) is 4. The molecule has 0 aliphatic heterocycles. The predicted molar refractivity (Wildman–Crippen MR) is 178 cm³/mol. The Morgan fingerprint density at radius 1 is 0.500 bits per heavy atom. The molecule has 248 valence electrons. The zero-order valence-electron chi connectivity index (χ0n) is 24.1. The van der Waals surface area contributed by atoms with Gasteiger partial charge < -0.3 is 21.4 Å². The van der Waals surface area contributed by atoms with E-state index in [9.17, 15) is 38.2 Å². The van der Waals surface area contributed by atoms with Crippen LogP contribution in [0.5, 0.6) is 5.75 Å². The Labute approximate surface area is 274 Å². The number of nitrogens with two attached hydrogens (primary N) is 3. The lowest BCUT2D eigenvalue weighted by Crippen LogP contribution is -2.16. The summed E-state index contributed by atoms with van der Waals surface area (Å²) < 4.78 is 124. The van der Waals surface area contributed by atoms with Gasteiger partial charge >= 0.3 is 30.4 Å². The van der Waals surface area contributed by atoms with Crippen molar-refractivity contribution in [2.45, 2.75) is 19.6 Å². The Balaban J connectivity index is 1.44. The van der Waals surface area contributed by atoms with E-state index in [1.807, 2.05) is 0 Å². The Kier molecular flexibility index (Phi) is 7.77. The Morgan fingerprint density at radius 3 is 1.90 bits per heavy atom. The first kappa shape index (κ1) is 32.9. The van der Waals surface area contributed by atoms with Gasteiger partial charge in [0.05, 0.1) is 15.5 Å². The van der Waals surface area contributed by atoms with Crippen LogP contribution < -0.4 is 21.4 Å². The van der Waals surface area contributed by atoms with E-state index in [2.05, 4.69) is 0 Å². The fourth-order valence-corrected chi connectivity index (χ4v) is 9.53. The van der Waals surface area contributed by atoms with E-state index in [0.717, 1.165) is 42.5 Å². The van der Waals surface area contributed by atoms with Crippen molar-refractivity contribution in [3.8, 4) is 5.75 Å². The van der Waals surface area contributed by atoms with Gasteiger partial charge in [-0.1, -0.05) is 36.4 Å². The summed E-state index contributed by atoms with van der Waals surface area (Å²) in [7, 11) is -19.7. The van der Waals surface area contributed by atoms with E-state index in [1.54, 1.807) is 12.1 Å². The number of benzene rings is 6. The predicted octanol–water partition coefficient (Wildman–Crippen LogP) is 4.00. The van der Waals surface area contributed by atoms with E-state index in [0.29, 0.717) is 21.8 Å². The van der Waals surface area contributed by atoms with Crippen LogP contribution in [-0.2, 0) is 44.1 Å². The van der Waals surface area contributed by atoms with E-state index >= 15 is 0 Å². The molecule has 6 aromatic carbocycles. The van der Waals surface area contributed by atoms with Crippen molar-refractivity contribution in [3.05, 3.63) is 97.1 Å². The van der Waals surface area contributed by atoms with Crippen LogP contribution in [0.3, 0.4) is 0 Å². The maximum Gasteiger partial charge on any atom is 0.340 e. The molecule has 0 amide bonds. The molecule has 0 saturated heterocycles. The molecule has 0 atom stereocenters. The molecule has 7 N–H and O–H groups in total. The highest BCUT2D eigenvalue weighted by Gasteiger charge is 2.31. The maximum atomic E-state index is 13.8. The molecule has 0 heterocycles. The second kappa shape index (κ2) is 11.3. The molecule has 0 spiro atoms. The van der Waals surface area contributed by atoms with Crippen LogP contribution in [0.1, 0.15) is 0 Å². The number of anilines is 3. The summed E-state index contributed by atoms with van der Waals surface area (Å²) in [5, 5.41) is 0.702.